The number of carbonyl (C=O) groups excluding carboxylic acids is 1. The van der Waals surface area contributed by atoms with Gasteiger partial charge in [-0.25, -0.2) is 9.37 Å². The summed E-state index contributed by atoms with van der Waals surface area (Å²) in [4.78, 5) is 19.8. The Kier molecular flexibility index (Phi) is 5.00. The molecule has 0 fully saturated rings. The van der Waals surface area contributed by atoms with Crippen LogP contribution < -0.4 is 10.6 Å². The van der Waals surface area contributed by atoms with E-state index in [9.17, 15) is 9.18 Å². The second-order valence-corrected chi connectivity index (χ2v) is 4.75. The number of carbonyl (C=O) groups is 1. The molecule has 0 saturated heterocycles. The van der Waals surface area contributed by atoms with Crippen molar-refractivity contribution in [3.63, 3.8) is 0 Å². The Morgan fingerprint density at radius 1 is 1.30 bits per heavy atom. The maximum absolute atomic E-state index is 12.9. The fourth-order valence-corrected chi connectivity index (χ4v) is 2.06. The van der Waals surface area contributed by atoms with Crippen molar-refractivity contribution in [2.75, 3.05) is 18.4 Å². The van der Waals surface area contributed by atoms with Crippen molar-refractivity contribution < 1.29 is 9.18 Å². The number of nitrogens with one attached hydrogen (secondary N) is 2. The van der Waals surface area contributed by atoms with Gasteiger partial charge in [0, 0.05) is 30.0 Å². The van der Waals surface area contributed by atoms with Crippen LogP contribution in [0, 0.1) is 5.82 Å². The molecule has 0 spiro atoms. The van der Waals surface area contributed by atoms with Crippen LogP contribution in [-0.4, -0.2) is 29.0 Å². The van der Waals surface area contributed by atoms with Crippen LogP contribution in [0.5, 0.6) is 0 Å². The third-order valence-electron chi connectivity index (χ3n) is 2.46. The zero-order chi connectivity index (χ0) is 14.4. The van der Waals surface area contributed by atoms with Gasteiger partial charge in [0.15, 0.2) is 0 Å². The lowest BCUT2D eigenvalue weighted by atomic mass is 10.2. The average molecular weight is 339 g/mol. The number of rotatable bonds is 5. The van der Waals surface area contributed by atoms with E-state index in [1.165, 1.54) is 18.2 Å². The summed E-state index contributed by atoms with van der Waals surface area (Å²) in [5, 5.41) is 5.74. The predicted octanol–water partition coefficient (Wildman–Crippen LogP) is 2.22. The normalized spacial score (nSPS) is 10.1. The van der Waals surface area contributed by atoms with Crippen molar-refractivity contribution >= 4 is 27.7 Å². The van der Waals surface area contributed by atoms with Gasteiger partial charge in [0.05, 0.1) is 11.8 Å². The Labute approximate surface area is 123 Å². The molecule has 1 amide bonds. The van der Waals surface area contributed by atoms with Gasteiger partial charge < -0.3 is 10.6 Å². The van der Waals surface area contributed by atoms with E-state index < -0.39 is 5.82 Å². The van der Waals surface area contributed by atoms with E-state index in [1.54, 1.807) is 18.6 Å². The number of halogens is 2. The maximum Gasteiger partial charge on any atom is 0.252 e. The van der Waals surface area contributed by atoms with E-state index in [4.69, 9.17) is 0 Å². The van der Waals surface area contributed by atoms with E-state index in [-0.39, 0.29) is 5.91 Å². The van der Waals surface area contributed by atoms with E-state index in [0.29, 0.717) is 28.9 Å². The number of anilines is 1. The van der Waals surface area contributed by atoms with Crippen LogP contribution in [0.2, 0.25) is 0 Å². The highest BCUT2D eigenvalue weighted by molar-refractivity contribution is 9.10. The summed E-state index contributed by atoms with van der Waals surface area (Å²) in [5.74, 6) is -0.0136. The Morgan fingerprint density at radius 3 is 2.85 bits per heavy atom. The van der Waals surface area contributed by atoms with Crippen LogP contribution in [0.25, 0.3) is 0 Å². The fraction of sp³-hybridized carbons (Fsp3) is 0.154. The topological polar surface area (TPSA) is 66.9 Å². The molecule has 0 atom stereocenters. The molecule has 2 rings (SSSR count). The number of hydrogen-bond donors (Lipinski definition) is 2. The lowest BCUT2D eigenvalue weighted by Crippen LogP contribution is -2.29. The third-order valence-corrected chi connectivity index (χ3v) is 3.11. The molecule has 7 heteroatoms. The van der Waals surface area contributed by atoms with Crippen LogP contribution in [0.1, 0.15) is 10.4 Å². The summed E-state index contributed by atoms with van der Waals surface area (Å²) >= 11 is 3.16. The lowest BCUT2D eigenvalue weighted by molar-refractivity contribution is 0.0954. The Balaban J connectivity index is 1.80. The highest BCUT2D eigenvalue weighted by Gasteiger charge is 2.09. The lowest BCUT2D eigenvalue weighted by Gasteiger charge is -2.08. The fourth-order valence-electron chi connectivity index (χ4n) is 1.53. The molecule has 0 saturated carbocycles. The summed E-state index contributed by atoms with van der Waals surface area (Å²) in [6.45, 7) is 0.933. The van der Waals surface area contributed by atoms with E-state index >= 15 is 0 Å². The molecule has 1 heterocycles. The molecule has 0 unspecified atom stereocenters. The number of nitrogens with zero attached hydrogens (tertiary/aromatic N) is 2. The van der Waals surface area contributed by atoms with Crippen LogP contribution in [0.3, 0.4) is 0 Å². The molecule has 0 bridgehead atoms. The highest BCUT2D eigenvalue weighted by atomic mass is 79.9. The summed E-state index contributed by atoms with van der Waals surface area (Å²) < 4.78 is 13.3. The largest absolute Gasteiger partial charge is 0.367 e. The molecular formula is C13H12BrFN4O. The Hall–Kier alpha value is -2.02. The zero-order valence-electron chi connectivity index (χ0n) is 10.4. The summed E-state index contributed by atoms with van der Waals surface area (Å²) in [5.41, 5.74) is 0.394. The molecule has 1 aromatic heterocycles. The molecular weight excluding hydrogens is 327 g/mol. The maximum atomic E-state index is 12.9. The van der Waals surface area contributed by atoms with Gasteiger partial charge in [0.1, 0.15) is 11.6 Å². The zero-order valence-corrected chi connectivity index (χ0v) is 12.0. The van der Waals surface area contributed by atoms with E-state index in [2.05, 4.69) is 36.5 Å². The first-order chi connectivity index (χ1) is 9.66. The van der Waals surface area contributed by atoms with Crippen molar-refractivity contribution in [2.45, 2.75) is 0 Å². The first kappa shape index (κ1) is 14.4. The van der Waals surface area contributed by atoms with Gasteiger partial charge in [-0.05, 0) is 34.1 Å². The molecule has 104 valence electrons. The Morgan fingerprint density at radius 2 is 2.15 bits per heavy atom. The van der Waals surface area contributed by atoms with E-state index in [1.807, 2.05) is 0 Å². The van der Waals surface area contributed by atoms with Crippen molar-refractivity contribution in [3.05, 3.63) is 52.6 Å². The molecule has 1 aromatic carbocycles. The van der Waals surface area contributed by atoms with E-state index in [0.717, 1.165) is 0 Å². The standard InChI is InChI=1S/C13H12BrFN4O/c14-11-7-9(15)1-2-10(11)13(20)19-6-5-18-12-8-16-3-4-17-12/h1-4,7-8H,5-6H2,(H,17,18)(H,19,20). The van der Waals surface area contributed by atoms with Gasteiger partial charge in [-0.15, -0.1) is 0 Å². The Bertz CT molecular complexity index is 594. The SMILES string of the molecule is O=C(NCCNc1cnccn1)c1ccc(F)cc1Br. The molecule has 0 radical (unpaired) electrons. The molecule has 20 heavy (non-hydrogen) atoms. The van der Waals surface area contributed by atoms with Crippen molar-refractivity contribution in [3.8, 4) is 0 Å². The number of hydrogen-bond acceptors (Lipinski definition) is 4. The molecule has 0 aliphatic carbocycles. The molecule has 0 aliphatic rings. The minimum atomic E-state index is -0.391. The predicted molar refractivity (Wildman–Crippen MR) is 77.0 cm³/mol. The average Bonchev–Trinajstić information content (AvgIpc) is 2.44. The van der Waals surface area contributed by atoms with Crippen molar-refractivity contribution in [1.29, 1.82) is 0 Å². The second-order valence-electron chi connectivity index (χ2n) is 3.90. The van der Waals surface area contributed by atoms with Crippen LogP contribution in [0.15, 0.2) is 41.3 Å². The minimum Gasteiger partial charge on any atom is -0.367 e. The highest BCUT2D eigenvalue weighted by Crippen LogP contribution is 2.17. The molecule has 2 aromatic rings. The summed E-state index contributed by atoms with van der Waals surface area (Å²) in [6, 6.07) is 3.94. The minimum absolute atomic E-state index is 0.266. The molecule has 0 aliphatic heterocycles. The number of amides is 1. The van der Waals surface area contributed by atoms with Gasteiger partial charge in [0.2, 0.25) is 0 Å². The van der Waals surface area contributed by atoms with Crippen LogP contribution in [-0.2, 0) is 0 Å². The van der Waals surface area contributed by atoms with Gasteiger partial charge >= 0.3 is 0 Å². The van der Waals surface area contributed by atoms with Crippen molar-refractivity contribution in [2.24, 2.45) is 0 Å². The summed E-state index contributed by atoms with van der Waals surface area (Å²) in [7, 11) is 0. The quantitative estimate of drug-likeness (QED) is 0.820. The van der Waals surface area contributed by atoms with Crippen LogP contribution in [0.4, 0.5) is 10.2 Å². The first-order valence-corrected chi connectivity index (χ1v) is 6.69. The van der Waals surface area contributed by atoms with Gasteiger partial charge in [-0.3, -0.25) is 9.78 Å². The van der Waals surface area contributed by atoms with Gasteiger partial charge in [0.25, 0.3) is 5.91 Å². The molecule has 5 nitrogen and oxygen atoms in total. The smallest absolute Gasteiger partial charge is 0.252 e. The van der Waals surface area contributed by atoms with Gasteiger partial charge in [-0.2, -0.15) is 0 Å². The monoisotopic (exact) mass is 338 g/mol. The first-order valence-electron chi connectivity index (χ1n) is 5.90. The molecule has 2 N–H and O–H groups in total. The number of benzene rings is 1. The number of aromatic nitrogens is 2. The summed E-state index contributed by atoms with van der Waals surface area (Å²) in [6.07, 6.45) is 4.76. The van der Waals surface area contributed by atoms with Crippen LogP contribution >= 0.6 is 15.9 Å². The third kappa shape index (κ3) is 3.99. The van der Waals surface area contributed by atoms with Crippen molar-refractivity contribution in [1.82, 2.24) is 15.3 Å². The van der Waals surface area contributed by atoms with Gasteiger partial charge in [-0.1, -0.05) is 0 Å². The second kappa shape index (κ2) is 6.95.